The average molecular weight is 366 g/mol. The van der Waals surface area contributed by atoms with Crippen molar-refractivity contribution in [3.05, 3.63) is 28.2 Å². The zero-order valence-corrected chi connectivity index (χ0v) is 13.5. The first-order valence-electron chi connectivity index (χ1n) is 6.86. The van der Waals surface area contributed by atoms with Crippen molar-refractivity contribution < 1.29 is 13.2 Å². The van der Waals surface area contributed by atoms with Crippen molar-refractivity contribution in [2.75, 3.05) is 44.7 Å². The molecule has 1 fully saturated rings. The molecular formula is C14H19BrF3N3. The van der Waals surface area contributed by atoms with Crippen LogP contribution in [0.25, 0.3) is 0 Å². The fraction of sp³-hybridized carbons (Fsp3) is 0.571. The molecule has 1 aliphatic heterocycles. The number of hydrogen-bond donors (Lipinski definition) is 1. The van der Waals surface area contributed by atoms with Gasteiger partial charge in [-0.3, -0.25) is 4.90 Å². The van der Waals surface area contributed by atoms with Crippen molar-refractivity contribution >= 4 is 21.6 Å². The van der Waals surface area contributed by atoms with E-state index in [9.17, 15) is 13.2 Å². The summed E-state index contributed by atoms with van der Waals surface area (Å²) in [7, 11) is 1.88. The fourth-order valence-electron chi connectivity index (χ4n) is 2.60. The van der Waals surface area contributed by atoms with Gasteiger partial charge in [0.05, 0.1) is 6.54 Å². The van der Waals surface area contributed by atoms with Crippen molar-refractivity contribution in [2.24, 2.45) is 0 Å². The molecule has 7 heteroatoms. The average Bonchev–Trinajstić information content (AvgIpc) is 2.39. The Labute approximate surface area is 131 Å². The maximum atomic E-state index is 12.4. The van der Waals surface area contributed by atoms with Crippen LogP contribution in [0.3, 0.4) is 0 Å². The highest BCUT2D eigenvalue weighted by molar-refractivity contribution is 9.10. The van der Waals surface area contributed by atoms with Crippen LogP contribution in [-0.4, -0.2) is 50.8 Å². The van der Waals surface area contributed by atoms with Gasteiger partial charge in [0.25, 0.3) is 0 Å². The Balaban J connectivity index is 2.02. The molecular weight excluding hydrogens is 347 g/mol. The normalized spacial score (nSPS) is 17.3. The molecule has 0 atom stereocenters. The summed E-state index contributed by atoms with van der Waals surface area (Å²) < 4.78 is 38.2. The first kappa shape index (κ1) is 16.6. The van der Waals surface area contributed by atoms with E-state index in [1.165, 1.54) is 4.90 Å². The van der Waals surface area contributed by atoms with E-state index in [0.29, 0.717) is 26.2 Å². The molecule has 21 heavy (non-hydrogen) atoms. The largest absolute Gasteiger partial charge is 0.401 e. The number of rotatable bonds is 4. The predicted octanol–water partition coefficient (Wildman–Crippen LogP) is 2.85. The summed E-state index contributed by atoms with van der Waals surface area (Å²) in [6.07, 6.45) is -4.11. The van der Waals surface area contributed by atoms with Crippen LogP contribution < -0.4 is 10.2 Å². The highest BCUT2D eigenvalue weighted by atomic mass is 79.9. The monoisotopic (exact) mass is 365 g/mol. The van der Waals surface area contributed by atoms with Gasteiger partial charge >= 0.3 is 6.18 Å². The van der Waals surface area contributed by atoms with Gasteiger partial charge < -0.3 is 10.2 Å². The molecule has 0 saturated carbocycles. The maximum absolute atomic E-state index is 12.4. The molecule has 0 aliphatic carbocycles. The Morgan fingerprint density at radius 1 is 1.19 bits per heavy atom. The van der Waals surface area contributed by atoms with Gasteiger partial charge in [0.2, 0.25) is 0 Å². The number of alkyl halides is 3. The lowest BCUT2D eigenvalue weighted by Crippen LogP contribution is -2.49. The molecule has 1 aliphatic rings. The van der Waals surface area contributed by atoms with Crippen LogP contribution >= 0.6 is 15.9 Å². The SMILES string of the molecule is CNCc1cc(Br)ccc1N1CCN(CC(F)(F)F)CC1. The second-order valence-electron chi connectivity index (χ2n) is 5.18. The van der Waals surface area contributed by atoms with Gasteiger partial charge in [-0.15, -0.1) is 0 Å². The predicted molar refractivity (Wildman–Crippen MR) is 81.6 cm³/mol. The quantitative estimate of drug-likeness (QED) is 0.884. The van der Waals surface area contributed by atoms with Crippen molar-refractivity contribution in [1.82, 2.24) is 10.2 Å². The van der Waals surface area contributed by atoms with E-state index < -0.39 is 12.7 Å². The first-order valence-corrected chi connectivity index (χ1v) is 7.65. The van der Waals surface area contributed by atoms with Crippen LogP contribution in [0.15, 0.2) is 22.7 Å². The Bertz CT molecular complexity index is 471. The number of halogens is 4. The summed E-state index contributed by atoms with van der Waals surface area (Å²) in [5.74, 6) is 0. The standard InChI is InChI=1S/C14H19BrF3N3/c1-19-9-11-8-12(15)2-3-13(11)21-6-4-20(5-7-21)10-14(16,17)18/h2-3,8,19H,4-7,9-10H2,1H3. The van der Waals surface area contributed by atoms with Crippen LogP contribution in [-0.2, 0) is 6.54 Å². The molecule has 1 heterocycles. The summed E-state index contributed by atoms with van der Waals surface area (Å²) in [6, 6.07) is 6.04. The topological polar surface area (TPSA) is 18.5 Å². The van der Waals surface area contributed by atoms with Crippen LogP contribution in [0.2, 0.25) is 0 Å². The number of benzene rings is 1. The molecule has 1 saturated heterocycles. The molecule has 1 aromatic rings. The number of piperazine rings is 1. The van der Waals surface area contributed by atoms with Gasteiger partial charge in [-0.2, -0.15) is 13.2 Å². The lowest BCUT2D eigenvalue weighted by Gasteiger charge is -2.37. The van der Waals surface area contributed by atoms with E-state index in [4.69, 9.17) is 0 Å². The van der Waals surface area contributed by atoms with Gasteiger partial charge in [0.1, 0.15) is 0 Å². The molecule has 1 aromatic carbocycles. The molecule has 0 amide bonds. The zero-order valence-electron chi connectivity index (χ0n) is 11.9. The van der Waals surface area contributed by atoms with Gasteiger partial charge in [-0.05, 0) is 30.8 Å². The van der Waals surface area contributed by atoms with Crippen LogP contribution in [0.1, 0.15) is 5.56 Å². The molecule has 118 valence electrons. The molecule has 0 spiro atoms. The Morgan fingerprint density at radius 2 is 1.86 bits per heavy atom. The lowest BCUT2D eigenvalue weighted by molar-refractivity contribution is -0.146. The minimum absolute atomic E-state index is 0.439. The summed E-state index contributed by atoms with van der Waals surface area (Å²) >= 11 is 3.45. The Kier molecular flexibility index (Phi) is 5.51. The fourth-order valence-corrected chi connectivity index (χ4v) is 3.00. The van der Waals surface area contributed by atoms with Crippen molar-refractivity contribution in [1.29, 1.82) is 0 Å². The van der Waals surface area contributed by atoms with Gasteiger partial charge in [-0.25, -0.2) is 0 Å². The molecule has 0 radical (unpaired) electrons. The second-order valence-corrected chi connectivity index (χ2v) is 6.10. The summed E-state index contributed by atoms with van der Waals surface area (Å²) in [4.78, 5) is 3.62. The van der Waals surface area contributed by atoms with Crippen LogP contribution in [0.4, 0.5) is 18.9 Å². The highest BCUT2D eigenvalue weighted by Crippen LogP contribution is 2.26. The smallest absolute Gasteiger partial charge is 0.369 e. The van der Waals surface area contributed by atoms with E-state index in [-0.39, 0.29) is 0 Å². The summed E-state index contributed by atoms with van der Waals surface area (Å²) in [6.45, 7) is 2.04. The number of nitrogens with zero attached hydrogens (tertiary/aromatic N) is 2. The second kappa shape index (κ2) is 6.98. The molecule has 0 unspecified atom stereocenters. The number of nitrogens with one attached hydrogen (secondary N) is 1. The van der Waals surface area contributed by atoms with E-state index in [0.717, 1.165) is 22.3 Å². The number of hydrogen-bond acceptors (Lipinski definition) is 3. The molecule has 2 rings (SSSR count). The van der Waals surface area contributed by atoms with E-state index in [1.807, 2.05) is 25.2 Å². The maximum Gasteiger partial charge on any atom is 0.401 e. The summed E-state index contributed by atoms with van der Waals surface area (Å²) in [5, 5.41) is 3.12. The zero-order chi connectivity index (χ0) is 15.5. The third-order valence-corrected chi connectivity index (χ3v) is 4.02. The van der Waals surface area contributed by atoms with E-state index in [2.05, 4.69) is 26.1 Å². The number of anilines is 1. The molecule has 0 bridgehead atoms. The minimum Gasteiger partial charge on any atom is -0.369 e. The van der Waals surface area contributed by atoms with Gasteiger partial charge in [0, 0.05) is 42.9 Å². The molecule has 0 aromatic heterocycles. The van der Waals surface area contributed by atoms with Crippen molar-refractivity contribution in [2.45, 2.75) is 12.7 Å². The highest BCUT2D eigenvalue weighted by Gasteiger charge is 2.32. The Morgan fingerprint density at radius 3 is 2.43 bits per heavy atom. The van der Waals surface area contributed by atoms with Gasteiger partial charge in [-0.1, -0.05) is 15.9 Å². The van der Waals surface area contributed by atoms with Crippen LogP contribution in [0.5, 0.6) is 0 Å². The summed E-state index contributed by atoms with van der Waals surface area (Å²) in [5.41, 5.74) is 2.25. The molecule has 1 N–H and O–H groups in total. The third kappa shape index (κ3) is 4.86. The molecule has 3 nitrogen and oxygen atoms in total. The third-order valence-electron chi connectivity index (χ3n) is 3.52. The van der Waals surface area contributed by atoms with Gasteiger partial charge in [0.15, 0.2) is 0 Å². The lowest BCUT2D eigenvalue weighted by atomic mass is 10.1. The van der Waals surface area contributed by atoms with Crippen molar-refractivity contribution in [3.63, 3.8) is 0 Å². The first-order chi connectivity index (χ1) is 9.89. The van der Waals surface area contributed by atoms with E-state index in [1.54, 1.807) is 0 Å². The minimum atomic E-state index is -4.11. The Hall–Kier alpha value is -0.790. The van der Waals surface area contributed by atoms with Crippen molar-refractivity contribution in [3.8, 4) is 0 Å². The van der Waals surface area contributed by atoms with E-state index >= 15 is 0 Å². The van der Waals surface area contributed by atoms with Crippen LogP contribution in [0, 0.1) is 0 Å².